The van der Waals surface area contributed by atoms with Crippen molar-refractivity contribution in [1.29, 1.82) is 0 Å². The Balaban J connectivity index is 3.58. The number of esters is 1. The van der Waals surface area contributed by atoms with E-state index < -0.39 is 18.2 Å². The van der Waals surface area contributed by atoms with Crippen molar-refractivity contribution in [2.45, 2.75) is 32.8 Å². The standard InChI is InChI=1S/C11H19NO4/c1-4-6-7-15-11(14)12-8-9(3)16-10(13)5-2/h5,9H,2,4,6-8H2,1,3H3,(H,12,14). The summed E-state index contributed by atoms with van der Waals surface area (Å²) in [6.45, 7) is 7.59. The molecule has 0 aromatic carbocycles. The van der Waals surface area contributed by atoms with Crippen molar-refractivity contribution in [3.63, 3.8) is 0 Å². The largest absolute Gasteiger partial charge is 0.458 e. The molecular weight excluding hydrogens is 210 g/mol. The van der Waals surface area contributed by atoms with Gasteiger partial charge >= 0.3 is 12.1 Å². The van der Waals surface area contributed by atoms with Gasteiger partial charge in [0.15, 0.2) is 0 Å². The Morgan fingerprint density at radius 3 is 2.75 bits per heavy atom. The number of carbonyl (C=O) groups excluding carboxylic acids is 2. The van der Waals surface area contributed by atoms with Gasteiger partial charge in [0.2, 0.25) is 0 Å². The van der Waals surface area contributed by atoms with Crippen molar-refractivity contribution in [2.24, 2.45) is 0 Å². The zero-order valence-electron chi connectivity index (χ0n) is 9.82. The maximum atomic E-state index is 11.1. The summed E-state index contributed by atoms with van der Waals surface area (Å²) in [5, 5.41) is 2.50. The van der Waals surface area contributed by atoms with Gasteiger partial charge in [0.25, 0.3) is 0 Å². The molecule has 0 rings (SSSR count). The van der Waals surface area contributed by atoms with Gasteiger partial charge in [0, 0.05) is 6.08 Å². The van der Waals surface area contributed by atoms with Crippen molar-refractivity contribution < 1.29 is 19.1 Å². The second-order valence-electron chi connectivity index (χ2n) is 3.32. The summed E-state index contributed by atoms with van der Waals surface area (Å²) < 4.78 is 9.70. The van der Waals surface area contributed by atoms with E-state index in [2.05, 4.69) is 11.9 Å². The van der Waals surface area contributed by atoms with Gasteiger partial charge in [-0.1, -0.05) is 19.9 Å². The highest BCUT2D eigenvalue weighted by atomic mass is 16.6. The van der Waals surface area contributed by atoms with Crippen LogP contribution < -0.4 is 5.32 Å². The van der Waals surface area contributed by atoms with Crippen LogP contribution in [0.5, 0.6) is 0 Å². The third kappa shape index (κ3) is 7.84. The van der Waals surface area contributed by atoms with E-state index in [1.807, 2.05) is 6.92 Å². The molecule has 5 heteroatoms. The first-order valence-electron chi connectivity index (χ1n) is 5.33. The van der Waals surface area contributed by atoms with Crippen LogP contribution in [0, 0.1) is 0 Å². The van der Waals surface area contributed by atoms with Gasteiger partial charge in [-0.15, -0.1) is 0 Å². The fourth-order valence-electron chi connectivity index (χ4n) is 0.875. The Labute approximate surface area is 95.8 Å². The molecule has 0 aliphatic rings. The highest BCUT2D eigenvalue weighted by molar-refractivity contribution is 5.81. The lowest BCUT2D eigenvalue weighted by Gasteiger charge is -2.12. The lowest BCUT2D eigenvalue weighted by atomic mass is 10.4. The molecule has 92 valence electrons. The number of hydrogen-bond acceptors (Lipinski definition) is 4. The van der Waals surface area contributed by atoms with E-state index in [0.717, 1.165) is 18.9 Å². The number of unbranched alkanes of at least 4 members (excludes halogenated alkanes) is 1. The quantitative estimate of drug-likeness (QED) is 0.409. The summed E-state index contributed by atoms with van der Waals surface area (Å²) in [4.78, 5) is 21.9. The third-order valence-electron chi connectivity index (χ3n) is 1.75. The highest BCUT2D eigenvalue weighted by Crippen LogP contribution is 1.92. The number of ether oxygens (including phenoxy) is 2. The van der Waals surface area contributed by atoms with Crippen molar-refractivity contribution in [2.75, 3.05) is 13.2 Å². The summed E-state index contributed by atoms with van der Waals surface area (Å²) in [6, 6.07) is 0. The Hall–Kier alpha value is -1.52. The Morgan fingerprint density at radius 1 is 1.50 bits per heavy atom. The van der Waals surface area contributed by atoms with Crippen LogP contribution in [-0.4, -0.2) is 31.3 Å². The number of nitrogens with one attached hydrogen (secondary N) is 1. The molecule has 0 aliphatic carbocycles. The highest BCUT2D eigenvalue weighted by Gasteiger charge is 2.08. The fourth-order valence-corrected chi connectivity index (χ4v) is 0.875. The van der Waals surface area contributed by atoms with Crippen molar-refractivity contribution >= 4 is 12.1 Å². The predicted octanol–water partition coefficient (Wildman–Crippen LogP) is 1.63. The molecule has 1 atom stereocenters. The number of rotatable bonds is 7. The zero-order valence-corrected chi connectivity index (χ0v) is 9.82. The molecule has 0 aromatic rings. The molecule has 0 heterocycles. The van der Waals surface area contributed by atoms with E-state index in [1.54, 1.807) is 6.92 Å². The second-order valence-corrected chi connectivity index (χ2v) is 3.32. The van der Waals surface area contributed by atoms with E-state index in [9.17, 15) is 9.59 Å². The van der Waals surface area contributed by atoms with Crippen molar-refractivity contribution in [3.05, 3.63) is 12.7 Å². The number of alkyl carbamates (subject to hydrolysis) is 1. The number of amides is 1. The van der Waals surface area contributed by atoms with Crippen LogP contribution in [0.3, 0.4) is 0 Å². The first-order chi connectivity index (χ1) is 7.60. The summed E-state index contributed by atoms with van der Waals surface area (Å²) >= 11 is 0. The molecule has 1 unspecified atom stereocenters. The molecule has 5 nitrogen and oxygen atoms in total. The lowest BCUT2D eigenvalue weighted by Crippen LogP contribution is -2.33. The molecule has 0 radical (unpaired) electrons. The Bertz CT molecular complexity index is 240. The predicted molar refractivity (Wildman–Crippen MR) is 60.0 cm³/mol. The monoisotopic (exact) mass is 229 g/mol. The topological polar surface area (TPSA) is 64.6 Å². The molecule has 0 bridgehead atoms. The van der Waals surface area contributed by atoms with E-state index in [0.29, 0.717) is 6.61 Å². The first kappa shape index (κ1) is 14.5. The molecule has 0 saturated carbocycles. The maximum absolute atomic E-state index is 11.1. The minimum absolute atomic E-state index is 0.227. The van der Waals surface area contributed by atoms with E-state index >= 15 is 0 Å². The molecule has 0 aliphatic heterocycles. The molecule has 1 amide bonds. The molecule has 1 N–H and O–H groups in total. The number of hydrogen-bond donors (Lipinski definition) is 1. The Kier molecular flexibility index (Phi) is 7.93. The van der Waals surface area contributed by atoms with Crippen LogP contribution in [0.15, 0.2) is 12.7 Å². The molecule has 0 fully saturated rings. The minimum atomic E-state index is -0.506. The van der Waals surface area contributed by atoms with Gasteiger partial charge in [-0.2, -0.15) is 0 Å². The van der Waals surface area contributed by atoms with Crippen LogP contribution in [-0.2, 0) is 14.3 Å². The SMILES string of the molecule is C=CC(=O)OC(C)CNC(=O)OCCCC. The summed E-state index contributed by atoms with van der Waals surface area (Å²) in [5.41, 5.74) is 0. The van der Waals surface area contributed by atoms with Gasteiger partial charge in [-0.05, 0) is 13.3 Å². The lowest BCUT2D eigenvalue weighted by molar-refractivity contribution is -0.141. The smallest absolute Gasteiger partial charge is 0.407 e. The molecule has 0 spiro atoms. The molecule has 16 heavy (non-hydrogen) atoms. The van der Waals surface area contributed by atoms with Gasteiger partial charge in [-0.25, -0.2) is 9.59 Å². The van der Waals surface area contributed by atoms with E-state index in [1.165, 1.54) is 0 Å². The average Bonchev–Trinajstić information content (AvgIpc) is 2.26. The minimum Gasteiger partial charge on any atom is -0.458 e. The Morgan fingerprint density at radius 2 is 2.19 bits per heavy atom. The molecular formula is C11H19NO4. The van der Waals surface area contributed by atoms with E-state index in [-0.39, 0.29) is 6.54 Å². The first-order valence-corrected chi connectivity index (χ1v) is 5.33. The summed E-state index contributed by atoms with van der Waals surface area (Å²) in [5.74, 6) is -0.506. The van der Waals surface area contributed by atoms with E-state index in [4.69, 9.17) is 9.47 Å². The summed E-state index contributed by atoms with van der Waals surface area (Å²) in [6.07, 6.45) is 2.00. The number of carbonyl (C=O) groups is 2. The maximum Gasteiger partial charge on any atom is 0.407 e. The van der Waals surface area contributed by atoms with Crippen LogP contribution in [0.4, 0.5) is 4.79 Å². The molecule has 0 saturated heterocycles. The fraction of sp³-hybridized carbons (Fsp3) is 0.636. The normalized spacial score (nSPS) is 11.4. The van der Waals surface area contributed by atoms with Crippen LogP contribution in [0.25, 0.3) is 0 Å². The van der Waals surface area contributed by atoms with Gasteiger partial charge in [0.05, 0.1) is 13.2 Å². The van der Waals surface area contributed by atoms with Crippen LogP contribution in [0.1, 0.15) is 26.7 Å². The average molecular weight is 229 g/mol. The molecule has 0 aromatic heterocycles. The zero-order chi connectivity index (χ0) is 12.4. The van der Waals surface area contributed by atoms with Gasteiger partial charge in [-0.3, -0.25) is 0 Å². The van der Waals surface area contributed by atoms with Crippen LogP contribution in [0.2, 0.25) is 0 Å². The van der Waals surface area contributed by atoms with Gasteiger partial charge in [0.1, 0.15) is 6.10 Å². The van der Waals surface area contributed by atoms with Crippen molar-refractivity contribution in [1.82, 2.24) is 5.32 Å². The van der Waals surface area contributed by atoms with Gasteiger partial charge < -0.3 is 14.8 Å². The third-order valence-corrected chi connectivity index (χ3v) is 1.75. The van der Waals surface area contributed by atoms with Crippen LogP contribution >= 0.6 is 0 Å². The second kappa shape index (κ2) is 8.76. The summed E-state index contributed by atoms with van der Waals surface area (Å²) in [7, 11) is 0. The van der Waals surface area contributed by atoms with Crippen molar-refractivity contribution in [3.8, 4) is 0 Å².